The fourth-order valence-electron chi connectivity index (χ4n) is 1.78. The summed E-state index contributed by atoms with van der Waals surface area (Å²) < 4.78 is 4.69. The minimum absolute atomic E-state index is 0.0312. The summed E-state index contributed by atoms with van der Waals surface area (Å²) in [6, 6.07) is 6.28. The van der Waals surface area contributed by atoms with Crippen molar-refractivity contribution in [3.05, 3.63) is 39.9 Å². The zero-order valence-electron chi connectivity index (χ0n) is 9.88. The first kappa shape index (κ1) is 13.2. The maximum Gasteiger partial charge on any atom is 0.313 e. The molecular formula is C12H15NO4. The van der Waals surface area contributed by atoms with Crippen molar-refractivity contribution in [3.8, 4) is 0 Å². The zero-order chi connectivity index (χ0) is 12.8. The Morgan fingerprint density at radius 3 is 2.65 bits per heavy atom. The van der Waals surface area contributed by atoms with Crippen molar-refractivity contribution in [3.63, 3.8) is 0 Å². The molecule has 0 saturated heterocycles. The summed E-state index contributed by atoms with van der Waals surface area (Å²) in [6.45, 7) is 1.92. The van der Waals surface area contributed by atoms with E-state index in [1.165, 1.54) is 13.2 Å². The number of para-hydroxylation sites is 1. The second-order valence-electron chi connectivity index (χ2n) is 3.68. The van der Waals surface area contributed by atoms with Crippen LogP contribution < -0.4 is 0 Å². The van der Waals surface area contributed by atoms with Gasteiger partial charge in [-0.1, -0.05) is 31.5 Å². The number of hydrogen-bond donors (Lipinski definition) is 0. The number of methoxy groups -OCH3 is 1. The lowest BCUT2D eigenvalue weighted by atomic mass is 9.93. The van der Waals surface area contributed by atoms with Crippen molar-refractivity contribution in [2.45, 2.75) is 25.7 Å². The summed E-state index contributed by atoms with van der Waals surface area (Å²) in [5.41, 5.74) is 0.391. The molecule has 0 aliphatic rings. The summed E-state index contributed by atoms with van der Waals surface area (Å²) in [5.74, 6) is -0.993. The Labute approximate surface area is 99.5 Å². The van der Waals surface area contributed by atoms with Crippen LogP contribution in [0.25, 0.3) is 0 Å². The Balaban J connectivity index is 3.17. The van der Waals surface area contributed by atoms with Crippen molar-refractivity contribution < 1.29 is 14.5 Å². The molecule has 0 spiro atoms. The van der Waals surface area contributed by atoms with E-state index in [-0.39, 0.29) is 5.69 Å². The van der Waals surface area contributed by atoms with E-state index in [9.17, 15) is 14.9 Å². The van der Waals surface area contributed by atoms with Gasteiger partial charge in [-0.05, 0) is 6.42 Å². The van der Waals surface area contributed by atoms with E-state index in [2.05, 4.69) is 0 Å². The summed E-state index contributed by atoms with van der Waals surface area (Å²) in [6.07, 6.45) is 1.29. The summed E-state index contributed by atoms with van der Waals surface area (Å²) in [7, 11) is 1.29. The molecule has 0 aliphatic carbocycles. The second-order valence-corrected chi connectivity index (χ2v) is 3.68. The van der Waals surface area contributed by atoms with Crippen LogP contribution in [0.2, 0.25) is 0 Å². The van der Waals surface area contributed by atoms with Crippen molar-refractivity contribution in [1.82, 2.24) is 0 Å². The molecule has 1 rings (SSSR count). The molecule has 0 heterocycles. The van der Waals surface area contributed by atoms with Crippen LogP contribution in [0.1, 0.15) is 31.2 Å². The van der Waals surface area contributed by atoms with Gasteiger partial charge in [-0.3, -0.25) is 14.9 Å². The third kappa shape index (κ3) is 3.03. The first-order chi connectivity index (χ1) is 8.11. The number of hydrogen-bond acceptors (Lipinski definition) is 4. The lowest BCUT2D eigenvalue weighted by Crippen LogP contribution is -2.15. The van der Waals surface area contributed by atoms with Gasteiger partial charge in [-0.2, -0.15) is 0 Å². The average Bonchev–Trinajstić information content (AvgIpc) is 2.35. The van der Waals surface area contributed by atoms with Crippen LogP contribution in [0.3, 0.4) is 0 Å². The standard InChI is InChI=1S/C12H15NO4/c1-3-6-10(12(14)17-2)9-7-4-5-8-11(9)13(15)16/h4-5,7-8,10H,3,6H2,1-2H3. The molecular weight excluding hydrogens is 222 g/mol. The Morgan fingerprint density at radius 1 is 1.47 bits per heavy atom. The number of carbonyl (C=O) groups is 1. The van der Waals surface area contributed by atoms with E-state index in [0.717, 1.165) is 6.42 Å². The van der Waals surface area contributed by atoms with E-state index in [0.29, 0.717) is 12.0 Å². The SMILES string of the molecule is CCCC(C(=O)OC)c1ccccc1[N+](=O)[O-]. The number of nitro benzene ring substituents is 1. The highest BCUT2D eigenvalue weighted by Crippen LogP contribution is 2.30. The van der Waals surface area contributed by atoms with Crippen molar-refractivity contribution >= 4 is 11.7 Å². The van der Waals surface area contributed by atoms with Gasteiger partial charge >= 0.3 is 5.97 Å². The van der Waals surface area contributed by atoms with Crippen molar-refractivity contribution in [1.29, 1.82) is 0 Å². The largest absolute Gasteiger partial charge is 0.469 e. The average molecular weight is 237 g/mol. The Morgan fingerprint density at radius 2 is 2.12 bits per heavy atom. The number of benzene rings is 1. The molecule has 0 aliphatic heterocycles. The zero-order valence-corrected chi connectivity index (χ0v) is 9.88. The molecule has 0 aromatic heterocycles. The molecule has 5 nitrogen and oxygen atoms in total. The number of ether oxygens (including phenoxy) is 1. The molecule has 0 fully saturated rings. The topological polar surface area (TPSA) is 69.4 Å². The van der Waals surface area contributed by atoms with Crippen LogP contribution in [-0.2, 0) is 9.53 Å². The monoisotopic (exact) mass is 237 g/mol. The lowest BCUT2D eigenvalue weighted by Gasteiger charge is -2.13. The van der Waals surface area contributed by atoms with Gasteiger partial charge in [0.15, 0.2) is 0 Å². The summed E-state index contributed by atoms with van der Waals surface area (Å²) in [5, 5.41) is 10.9. The minimum atomic E-state index is -0.563. The first-order valence-electron chi connectivity index (χ1n) is 5.43. The smallest absolute Gasteiger partial charge is 0.313 e. The fourth-order valence-corrected chi connectivity index (χ4v) is 1.78. The molecule has 0 radical (unpaired) electrons. The van der Waals surface area contributed by atoms with E-state index >= 15 is 0 Å². The fraction of sp³-hybridized carbons (Fsp3) is 0.417. The number of esters is 1. The van der Waals surface area contributed by atoms with Gasteiger partial charge in [-0.25, -0.2) is 0 Å². The molecule has 17 heavy (non-hydrogen) atoms. The molecule has 1 aromatic rings. The van der Waals surface area contributed by atoms with Crippen LogP contribution in [0.15, 0.2) is 24.3 Å². The van der Waals surface area contributed by atoms with E-state index < -0.39 is 16.8 Å². The molecule has 0 saturated carbocycles. The van der Waals surface area contributed by atoms with E-state index in [1.54, 1.807) is 18.2 Å². The van der Waals surface area contributed by atoms with Crippen molar-refractivity contribution in [2.24, 2.45) is 0 Å². The highest BCUT2D eigenvalue weighted by Gasteiger charge is 2.27. The van der Waals surface area contributed by atoms with Gasteiger partial charge in [-0.15, -0.1) is 0 Å². The number of nitrogens with zero attached hydrogens (tertiary/aromatic N) is 1. The number of rotatable bonds is 5. The molecule has 92 valence electrons. The minimum Gasteiger partial charge on any atom is -0.469 e. The van der Waals surface area contributed by atoms with Gasteiger partial charge in [0.1, 0.15) is 0 Å². The van der Waals surface area contributed by atoms with Gasteiger partial charge in [0.25, 0.3) is 5.69 Å². The number of nitro groups is 1. The van der Waals surface area contributed by atoms with Crippen LogP contribution in [0.5, 0.6) is 0 Å². The molecule has 1 aromatic carbocycles. The molecule has 0 amide bonds. The predicted molar refractivity (Wildman–Crippen MR) is 62.8 cm³/mol. The van der Waals surface area contributed by atoms with Gasteiger partial charge in [0, 0.05) is 11.6 Å². The molecule has 0 bridgehead atoms. The quantitative estimate of drug-likeness (QED) is 0.448. The maximum atomic E-state index is 11.6. The van der Waals surface area contributed by atoms with Gasteiger partial charge in [0.2, 0.25) is 0 Å². The van der Waals surface area contributed by atoms with Gasteiger partial charge in [0.05, 0.1) is 18.0 Å². The van der Waals surface area contributed by atoms with Crippen LogP contribution >= 0.6 is 0 Å². The van der Waals surface area contributed by atoms with E-state index in [1.807, 2.05) is 6.92 Å². The number of carbonyl (C=O) groups excluding carboxylic acids is 1. The summed E-state index contributed by atoms with van der Waals surface area (Å²) >= 11 is 0. The highest BCUT2D eigenvalue weighted by molar-refractivity contribution is 5.79. The Bertz CT molecular complexity index is 417. The second kappa shape index (κ2) is 5.98. The highest BCUT2D eigenvalue weighted by atomic mass is 16.6. The van der Waals surface area contributed by atoms with Crippen LogP contribution in [-0.4, -0.2) is 18.0 Å². The predicted octanol–water partition coefficient (Wildman–Crippen LogP) is 2.65. The normalized spacial score (nSPS) is 11.9. The van der Waals surface area contributed by atoms with Crippen LogP contribution in [0, 0.1) is 10.1 Å². The van der Waals surface area contributed by atoms with Crippen LogP contribution in [0.4, 0.5) is 5.69 Å². The molecule has 1 atom stereocenters. The maximum absolute atomic E-state index is 11.6. The molecule has 1 unspecified atom stereocenters. The van der Waals surface area contributed by atoms with Crippen molar-refractivity contribution in [2.75, 3.05) is 7.11 Å². The molecule has 0 N–H and O–H groups in total. The Kier molecular flexibility index (Phi) is 4.63. The van der Waals surface area contributed by atoms with Gasteiger partial charge < -0.3 is 4.74 Å². The third-order valence-electron chi connectivity index (χ3n) is 2.57. The molecule has 5 heteroatoms. The lowest BCUT2D eigenvalue weighted by molar-refractivity contribution is -0.385. The van der Waals surface area contributed by atoms with E-state index in [4.69, 9.17) is 4.74 Å². The Hall–Kier alpha value is -1.91. The summed E-state index contributed by atoms with van der Waals surface area (Å²) in [4.78, 5) is 22.1. The third-order valence-corrected chi connectivity index (χ3v) is 2.57. The first-order valence-corrected chi connectivity index (χ1v) is 5.43.